The Hall–Kier alpha value is -4.13. The summed E-state index contributed by atoms with van der Waals surface area (Å²) >= 11 is 0. The number of carbonyl (C=O) groups is 2. The fourth-order valence-electron chi connectivity index (χ4n) is 4.81. The maximum atomic E-state index is 13.9. The van der Waals surface area contributed by atoms with Gasteiger partial charge in [-0.3, -0.25) is 14.6 Å². The number of amides is 2. The third-order valence-electron chi connectivity index (χ3n) is 6.59. The first-order valence-corrected chi connectivity index (χ1v) is 12.3. The van der Waals surface area contributed by atoms with Gasteiger partial charge in [0.2, 0.25) is 18.6 Å². The van der Waals surface area contributed by atoms with E-state index < -0.39 is 6.04 Å². The first-order chi connectivity index (χ1) is 17.7. The van der Waals surface area contributed by atoms with Gasteiger partial charge in [0.25, 0.3) is 0 Å². The van der Waals surface area contributed by atoms with Crippen molar-refractivity contribution in [2.75, 3.05) is 12.1 Å². The molecule has 1 aromatic heterocycles. The molecule has 36 heavy (non-hydrogen) atoms. The number of allylic oxidation sites excluding steroid dienone is 2. The van der Waals surface area contributed by atoms with Gasteiger partial charge in [-0.1, -0.05) is 48.6 Å². The van der Waals surface area contributed by atoms with Crippen LogP contribution in [0.25, 0.3) is 0 Å². The van der Waals surface area contributed by atoms with Crippen molar-refractivity contribution in [1.82, 2.24) is 9.88 Å². The van der Waals surface area contributed by atoms with Gasteiger partial charge >= 0.3 is 0 Å². The molecule has 2 heterocycles. The number of hydrogen-bond acceptors (Lipinski definition) is 5. The molecule has 2 atom stereocenters. The van der Waals surface area contributed by atoms with E-state index in [1.807, 2.05) is 42.5 Å². The number of aromatic nitrogens is 1. The summed E-state index contributed by atoms with van der Waals surface area (Å²) in [5.41, 5.74) is 2.40. The maximum Gasteiger partial charge on any atom is 0.247 e. The minimum Gasteiger partial charge on any atom is -0.454 e. The van der Waals surface area contributed by atoms with E-state index >= 15 is 0 Å². The second-order valence-electron chi connectivity index (χ2n) is 9.09. The molecule has 2 aliphatic rings. The Bertz CT molecular complexity index is 1230. The second kappa shape index (κ2) is 11.1. The highest BCUT2D eigenvalue weighted by molar-refractivity contribution is 5.98. The summed E-state index contributed by atoms with van der Waals surface area (Å²) < 4.78 is 10.9. The molecule has 0 radical (unpaired) electrons. The molecular weight excluding hydrogens is 454 g/mol. The van der Waals surface area contributed by atoms with E-state index in [0.717, 1.165) is 30.4 Å². The van der Waals surface area contributed by atoms with Gasteiger partial charge in [-0.05, 0) is 54.5 Å². The van der Waals surface area contributed by atoms with Crippen molar-refractivity contribution in [1.29, 1.82) is 0 Å². The summed E-state index contributed by atoms with van der Waals surface area (Å²) in [6.07, 6.45) is 10.4. The van der Waals surface area contributed by atoms with Crippen LogP contribution in [0.3, 0.4) is 0 Å². The van der Waals surface area contributed by atoms with E-state index in [9.17, 15) is 9.59 Å². The van der Waals surface area contributed by atoms with Crippen molar-refractivity contribution in [3.8, 4) is 11.5 Å². The molecule has 0 bridgehead atoms. The SMILES string of the molecule is O=C(Nc1ccc2c(c1)OCO2)C(C1CC=CCC1)N(Cc1cccnc1)C(=O)Cc1ccccc1. The number of anilines is 1. The minimum atomic E-state index is -0.642. The van der Waals surface area contributed by atoms with Gasteiger partial charge in [-0.25, -0.2) is 0 Å². The van der Waals surface area contributed by atoms with Crippen LogP contribution in [0.15, 0.2) is 85.2 Å². The Balaban J connectivity index is 1.46. The van der Waals surface area contributed by atoms with Crippen LogP contribution < -0.4 is 14.8 Å². The molecule has 5 rings (SSSR count). The van der Waals surface area contributed by atoms with Crippen molar-refractivity contribution >= 4 is 17.5 Å². The number of ether oxygens (including phenoxy) is 2. The average molecular weight is 484 g/mol. The molecule has 0 saturated carbocycles. The van der Waals surface area contributed by atoms with Crippen LogP contribution in [0.4, 0.5) is 5.69 Å². The lowest BCUT2D eigenvalue weighted by Gasteiger charge is -2.37. The Morgan fingerprint density at radius 1 is 1.00 bits per heavy atom. The highest BCUT2D eigenvalue weighted by Gasteiger charge is 2.36. The number of nitrogens with zero attached hydrogens (tertiary/aromatic N) is 2. The van der Waals surface area contributed by atoms with Crippen molar-refractivity contribution in [2.45, 2.75) is 38.3 Å². The first-order valence-electron chi connectivity index (χ1n) is 12.3. The lowest BCUT2D eigenvalue weighted by molar-refractivity contribution is -0.141. The summed E-state index contributed by atoms with van der Waals surface area (Å²) in [4.78, 5) is 33.6. The fourth-order valence-corrected chi connectivity index (χ4v) is 4.81. The van der Waals surface area contributed by atoms with Gasteiger partial charge in [-0.2, -0.15) is 0 Å². The van der Waals surface area contributed by atoms with Crippen LogP contribution in [-0.4, -0.2) is 34.5 Å². The number of rotatable bonds is 8. The van der Waals surface area contributed by atoms with Gasteiger partial charge in [0.05, 0.1) is 6.42 Å². The third kappa shape index (κ3) is 5.57. The minimum absolute atomic E-state index is 0.000375. The van der Waals surface area contributed by atoms with Gasteiger partial charge in [-0.15, -0.1) is 0 Å². The van der Waals surface area contributed by atoms with Gasteiger partial charge in [0, 0.05) is 30.7 Å². The summed E-state index contributed by atoms with van der Waals surface area (Å²) in [5, 5.41) is 3.05. The molecule has 7 heteroatoms. The highest BCUT2D eigenvalue weighted by atomic mass is 16.7. The van der Waals surface area contributed by atoms with Gasteiger partial charge < -0.3 is 19.7 Å². The zero-order valence-electron chi connectivity index (χ0n) is 20.0. The molecule has 1 N–H and O–H groups in total. The molecular formula is C29H29N3O4. The summed E-state index contributed by atoms with van der Waals surface area (Å²) in [6.45, 7) is 0.468. The van der Waals surface area contributed by atoms with E-state index in [1.165, 1.54) is 0 Å². The molecule has 0 spiro atoms. The zero-order chi connectivity index (χ0) is 24.7. The zero-order valence-corrected chi connectivity index (χ0v) is 20.0. The molecule has 2 aromatic carbocycles. The van der Waals surface area contributed by atoms with E-state index in [2.05, 4.69) is 22.5 Å². The third-order valence-corrected chi connectivity index (χ3v) is 6.59. The Morgan fingerprint density at radius 2 is 1.83 bits per heavy atom. The van der Waals surface area contributed by atoms with Crippen molar-refractivity contribution < 1.29 is 19.1 Å². The smallest absolute Gasteiger partial charge is 0.247 e. The van der Waals surface area contributed by atoms with E-state index in [1.54, 1.807) is 35.5 Å². The van der Waals surface area contributed by atoms with E-state index in [0.29, 0.717) is 23.7 Å². The fraction of sp³-hybridized carbons (Fsp3) is 0.276. The highest BCUT2D eigenvalue weighted by Crippen LogP contribution is 2.35. The molecule has 2 amide bonds. The lowest BCUT2D eigenvalue weighted by atomic mass is 9.85. The molecule has 184 valence electrons. The summed E-state index contributed by atoms with van der Waals surface area (Å²) in [7, 11) is 0. The van der Waals surface area contributed by atoms with Crippen molar-refractivity contribution in [3.63, 3.8) is 0 Å². The maximum absolute atomic E-state index is 13.9. The number of benzene rings is 2. The Kier molecular flexibility index (Phi) is 7.26. The van der Waals surface area contributed by atoms with Gasteiger partial charge in [0.1, 0.15) is 6.04 Å². The van der Waals surface area contributed by atoms with Crippen LogP contribution in [-0.2, 0) is 22.6 Å². The summed E-state index contributed by atoms with van der Waals surface area (Å²) in [5.74, 6) is 0.945. The predicted molar refractivity (Wildman–Crippen MR) is 136 cm³/mol. The van der Waals surface area contributed by atoms with Crippen LogP contribution in [0.1, 0.15) is 30.4 Å². The molecule has 7 nitrogen and oxygen atoms in total. The lowest BCUT2D eigenvalue weighted by Crippen LogP contribution is -2.51. The molecule has 1 aliphatic heterocycles. The van der Waals surface area contributed by atoms with Crippen molar-refractivity contribution in [3.05, 3.63) is 96.3 Å². The number of hydrogen-bond donors (Lipinski definition) is 1. The predicted octanol–water partition coefficient (Wildman–Crippen LogP) is 4.75. The largest absolute Gasteiger partial charge is 0.454 e. The molecule has 1 aliphatic carbocycles. The van der Waals surface area contributed by atoms with E-state index in [4.69, 9.17) is 9.47 Å². The van der Waals surface area contributed by atoms with Crippen LogP contribution in [0, 0.1) is 5.92 Å². The van der Waals surface area contributed by atoms with Crippen LogP contribution in [0.2, 0.25) is 0 Å². The topological polar surface area (TPSA) is 80.8 Å². The standard InChI is InChI=1S/C29H29N3O4/c33-27(16-21-8-3-1-4-9-21)32(19-22-10-7-15-30-18-22)28(23-11-5-2-6-12-23)29(34)31-24-13-14-25-26(17-24)36-20-35-25/h1-5,7-10,13-15,17-18,23,28H,6,11-12,16,19-20H2,(H,31,34). The number of fused-ring (bicyclic) bond motifs is 1. The Labute approximate surface area is 210 Å². The second-order valence-corrected chi connectivity index (χ2v) is 9.09. The monoisotopic (exact) mass is 483 g/mol. The first kappa shape index (κ1) is 23.6. The number of nitrogens with one attached hydrogen (secondary N) is 1. The molecule has 2 unspecified atom stereocenters. The quantitative estimate of drug-likeness (QED) is 0.468. The Morgan fingerprint density at radius 3 is 2.61 bits per heavy atom. The molecule has 0 saturated heterocycles. The van der Waals surface area contributed by atoms with E-state index in [-0.39, 0.29) is 30.9 Å². The van der Waals surface area contributed by atoms with Crippen molar-refractivity contribution in [2.24, 2.45) is 5.92 Å². The molecule has 3 aromatic rings. The van der Waals surface area contributed by atoms with Gasteiger partial charge in [0.15, 0.2) is 11.5 Å². The van der Waals surface area contributed by atoms with Crippen LogP contribution >= 0.6 is 0 Å². The summed E-state index contributed by atoms with van der Waals surface area (Å²) in [6, 6.07) is 18.1. The van der Waals surface area contributed by atoms with Crippen LogP contribution in [0.5, 0.6) is 11.5 Å². The molecule has 0 fully saturated rings. The number of pyridine rings is 1. The number of carbonyl (C=O) groups excluding carboxylic acids is 2. The average Bonchev–Trinajstić information content (AvgIpc) is 3.38. The normalized spacial score (nSPS) is 16.8.